The molecule has 0 aliphatic rings. The zero-order chi connectivity index (χ0) is 6.85. The molecule has 9 heavy (non-hydrogen) atoms. The van der Waals surface area contributed by atoms with Crippen LogP contribution in [0.1, 0.15) is 5.69 Å². The molecule has 1 aromatic heterocycles. The van der Waals surface area contributed by atoms with Crippen LogP contribution in [0.4, 0.5) is 0 Å². The van der Waals surface area contributed by atoms with Gasteiger partial charge in [-0.3, -0.25) is 0 Å². The largest absolute Gasteiger partial charge is 0.594 e. The summed E-state index contributed by atoms with van der Waals surface area (Å²) in [5.74, 6) is 0. The summed E-state index contributed by atoms with van der Waals surface area (Å²) < 4.78 is 0. The summed E-state index contributed by atoms with van der Waals surface area (Å²) in [6, 6.07) is 1.56. The number of rotatable bonds is 0. The van der Waals surface area contributed by atoms with Gasteiger partial charge >= 0.3 is 0 Å². The van der Waals surface area contributed by atoms with Gasteiger partial charge in [0.1, 0.15) is 6.20 Å². The van der Waals surface area contributed by atoms with E-state index in [9.17, 15) is 5.21 Å². The lowest BCUT2D eigenvalue weighted by Crippen LogP contribution is -2.33. The van der Waals surface area contributed by atoms with Gasteiger partial charge in [-0.2, -0.15) is 0 Å². The molecule has 0 aromatic carbocycles. The van der Waals surface area contributed by atoms with Gasteiger partial charge in [0, 0.05) is 18.1 Å². The zero-order valence-electron chi connectivity index (χ0n) is 4.84. The lowest BCUT2D eigenvalue weighted by molar-refractivity contribution is -0.675. The van der Waals surface area contributed by atoms with Crippen LogP contribution < -0.4 is 4.85 Å². The van der Waals surface area contributed by atoms with Gasteiger partial charge in [-0.1, -0.05) is 16.4 Å². The van der Waals surface area contributed by atoms with Crippen LogP contribution in [0, 0.1) is 12.1 Å². The van der Waals surface area contributed by atoms with Crippen molar-refractivity contribution in [3.05, 3.63) is 28.2 Å². The summed E-state index contributed by atoms with van der Waals surface area (Å²) in [5, 5.41) is 14.4. The molecular formula is C5H5ClN2O. The number of halogens is 1. The maximum absolute atomic E-state index is 10.5. The van der Waals surface area contributed by atoms with Crippen LogP contribution in [0.15, 0.2) is 12.3 Å². The normalized spacial score (nSPS) is 9.56. The molecule has 4 heteroatoms. The lowest BCUT2D eigenvalue weighted by Gasteiger charge is -1.94. The number of hydrogen-bond acceptors (Lipinski definition) is 2. The molecule has 0 bridgehead atoms. The summed E-state index contributed by atoms with van der Waals surface area (Å²) in [6.45, 7) is 1.64. The Balaban J connectivity index is 3.17. The first-order valence-electron chi connectivity index (χ1n) is 2.42. The SMILES string of the molecule is Cc1cc(Cl)cn[n+]1[O-]. The molecule has 0 saturated carbocycles. The van der Waals surface area contributed by atoms with E-state index in [1.807, 2.05) is 0 Å². The highest BCUT2D eigenvalue weighted by atomic mass is 35.5. The highest BCUT2D eigenvalue weighted by Crippen LogP contribution is 2.02. The summed E-state index contributed by atoms with van der Waals surface area (Å²) in [4.78, 5) is 0.520. The summed E-state index contributed by atoms with van der Waals surface area (Å²) in [7, 11) is 0. The Kier molecular flexibility index (Phi) is 1.53. The second kappa shape index (κ2) is 2.19. The molecule has 0 N–H and O–H groups in total. The van der Waals surface area contributed by atoms with E-state index in [2.05, 4.69) is 5.10 Å². The average Bonchev–Trinajstić information content (AvgIpc) is 1.80. The second-order valence-electron chi connectivity index (χ2n) is 1.69. The standard InChI is InChI=1S/C5H5ClN2O/c1-4-2-5(6)3-7-8(4)9/h2-3H,1H3. The van der Waals surface area contributed by atoms with Gasteiger partial charge in [-0.05, 0) is 0 Å². The molecule has 0 aliphatic carbocycles. The van der Waals surface area contributed by atoms with Crippen molar-refractivity contribution in [2.45, 2.75) is 6.92 Å². The zero-order valence-corrected chi connectivity index (χ0v) is 5.59. The fourth-order valence-corrected chi connectivity index (χ4v) is 0.692. The minimum Gasteiger partial charge on any atom is -0.594 e. The Hall–Kier alpha value is -0.830. The van der Waals surface area contributed by atoms with Crippen molar-refractivity contribution in [3.8, 4) is 0 Å². The van der Waals surface area contributed by atoms with E-state index in [1.165, 1.54) is 6.20 Å². The van der Waals surface area contributed by atoms with Crippen LogP contribution in [0.3, 0.4) is 0 Å². The van der Waals surface area contributed by atoms with E-state index >= 15 is 0 Å². The predicted molar refractivity (Wildman–Crippen MR) is 32.9 cm³/mol. The third-order valence-electron chi connectivity index (χ3n) is 0.934. The first-order chi connectivity index (χ1) is 4.20. The molecule has 3 nitrogen and oxygen atoms in total. The molecular weight excluding hydrogens is 140 g/mol. The predicted octanol–water partition coefficient (Wildman–Crippen LogP) is 0.677. The van der Waals surface area contributed by atoms with Crippen molar-refractivity contribution < 1.29 is 4.85 Å². The van der Waals surface area contributed by atoms with Crippen LogP contribution in [0.25, 0.3) is 0 Å². The smallest absolute Gasteiger partial charge is 0.220 e. The molecule has 0 radical (unpaired) electrons. The van der Waals surface area contributed by atoms with E-state index in [0.717, 1.165) is 0 Å². The fraction of sp³-hybridized carbons (Fsp3) is 0.200. The molecule has 0 fully saturated rings. The van der Waals surface area contributed by atoms with Crippen molar-refractivity contribution in [3.63, 3.8) is 0 Å². The van der Waals surface area contributed by atoms with Crippen LogP contribution in [-0.2, 0) is 0 Å². The van der Waals surface area contributed by atoms with Crippen LogP contribution in [-0.4, -0.2) is 5.10 Å². The van der Waals surface area contributed by atoms with Crippen molar-refractivity contribution in [2.75, 3.05) is 0 Å². The van der Waals surface area contributed by atoms with Crippen LogP contribution >= 0.6 is 11.6 Å². The number of nitrogens with zero attached hydrogens (tertiary/aromatic N) is 2. The third kappa shape index (κ3) is 1.29. The van der Waals surface area contributed by atoms with E-state index < -0.39 is 0 Å². The first-order valence-corrected chi connectivity index (χ1v) is 2.80. The summed E-state index contributed by atoms with van der Waals surface area (Å²) in [5.41, 5.74) is 0.502. The average molecular weight is 145 g/mol. The molecule has 0 spiro atoms. The van der Waals surface area contributed by atoms with Gasteiger partial charge in [0.15, 0.2) is 0 Å². The molecule has 1 aromatic rings. The Morgan fingerprint density at radius 3 is 2.89 bits per heavy atom. The second-order valence-corrected chi connectivity index (χ2v) is 2.12. The number of aromatic nitrogens is 2. The van der Waals surface area contributed by atoms with Crippen LogP contribution in [0.5, 0.6) is 0 Å². The van der Waals surface area contributed by atoms with Gasteiger partial charge in [-0.15, -0.1) is 0 Å². The molecule has 0 unspecified atom stereocenters. The molecule has 0 amide bonds. The fourth-order valence-electron chi connectivity index (χ4n) is 0.491. The lowest BCUT2D eigenvalue weighted by atomic mass is 10.4. The topological polar surface area (TPSA) is 39.8 Å². The summed E-state index contributed by atoms with van der Waals surface area (Å²) in [6.07, 6.45) is 1.31. The Labute approximate surface area is 57.5 Å². The van der Waals surface area contributed by atoms with Crippen LogP contribution in [0.2, 0.25) is 5.02 Å². The molecule has 1 rings (SSSR count). The monoisotopic (exact) mass is 144 g/mol. The number of hydrogen-bond donors (Lipinski definition) is 0. The van der Waals surface area contributed by atoms with E-state index in [4.69, 9.17) is 11.6 Å². The van der Waals surface area contributed by atoms with E-state index in [-0.39, 0.29) is 0 Å². The molecule has 1 heterocycles. The molecule has 0 aliphatic heterocycles. The van der Waals surface area contributed by atoms with E-state index in [1.54, 1.807) is 13.0 Å². The highest BCUT2D eigenvalue weighted by Gasteiger charge is 1.98. The molecule has 0 atom stereocenters. The maximum Gasteiger partial charge on any atom is 0.220 e. The Morgan fingerprint density at radius 1 is 1.78 bits per heavy atom. The van der Waals surface area contributed by atoms with E-state index in [0.29, 0.717) is 15.6 Å². The van der Waals surface area contributed by atoms with Crippen molar-refractivity contribution >= 4 is 11.6 Å². The van der Waals surface area contributed by atoms with Crippen molar-refractivity contribution in [2.24, 2.45) is 0 Å². The quantitative estimate of drug-likeness (QED) is 0.397. The van der Waals surface area contributed by atoms with Gasteiger partial charge in [0.25, 0.3) is 0 Å². The molecule has 48 valence electrons. The van der Waals surface area contributed by atoms with Gasteiger partial charge < -0.3 is 5.21 Å². The Morgan fingerprint density at radius 2 is 2.44 bits per heavy atom. The highest BCUT2D eigenvalue weighted by molar-refractivity contribution is 6.30. The van der Waals surface area contributed by atoms with Gasteiger partial charge in [-0.25, -0.2) is 0 Å². The van der Waals surface area contributed by atoms with Gasteiger partial charge in [0.05, 0.1) is 5.02 Å². The number of aryl methyl sites for hydroxylation is 1. The van der Waals surface area contributed by atoms with Gasteiger partial charge in [0.2, 0.25) is 5.69 Å². The minimum absolute atomic E-state index is 0.486. The summed E-state index contributed by atoms with van der Waals surface area (Å²) >= 11 is 5.50. The maximum atomic E-state index is 10.5. The molecule has 0 saturated heterocycles. The van der Waals surface area contributed by atoms with Crippen molar-refractivity contribution in [1.82, 2.24) is 5.10 Å². The minimum atomic E-state index is 0.486. The third-order valence-corrected chi connectivity index (χ3v) is 1.14. The van der Waals surface area contributed by atoms with Crippen molar-refractivity contribution in [1.29, 1.82) is 0 Å². The first kappa shape index (κ1) is 6.29. The Bertz CT molecular complexity index is 226.